The summed E-state index contributed by atoms with van der Waals surface area (Å²) in [7, 11) is 1.57. The number of rotatable bonds is 6. The number of nitrogens with two attached hydrogens (primary N) is 1. The molecule has 2 N–H and O–H groups in total. The Morgan fingerprint density at radius 2 is 2.25 bits per heavy atom. The third-order valence-electron chi connectivity index (χ3n) is 1.32. The first-order valence-electron chi connectivity index (χ1n) is 4.09. The Labute approximate surface area is 73.0 Å². The third-order valence-corrected chi connectivity index (χ3v) is 1.32. The molecule has 0 aliphatic heterocycles. The fraction of sp³-hybridized carbons (Fsp3) is 0.875. The summed E-state index contributed by atoms with van der Waals surface area (Å²) in [4.78, 5) is 11.0. The number of esters is 1. The number of carbonyl (C=O) groups is 1. The zero-order valence-corrected chi connectivity index (χ0v) is 7.71. The Morgan fingerprint density at radius 1 is 1.58 bits per heavy atom. The smallest absolute Gasteiger partial charge is 0.306 e. The van der Waals surface area contributed by atoms with Gasteiger partial charge in [-0.3, -0.25) is 4.79 Å². The van der Waals surface area contributed by atoms with Gasteiger partial charge in [-0.15, -0.1) is 0 Å². The molecule has 72 valence electrons. The van der Waals surface area contributed by atoms with Crippen molar-refractivity contribution >= 4 is 5.97 Å². The van der Waals surface area contributed by atoms with Crippen LogP contribution >= 0.6 is 0 Å². The molecular weight excluding hydrogens is 158 g/mol. The third kappa shape index (κ3) is 6.12. The van der Waals surface area contributed by atoms with Crippen molar-refractivity contribution in [2.45, 2.75) is 25.9 Å². The summed E-state index contributed by atoms with van der Waals surface area (Å²) in [5.41, 5.74) is 5.23. The molecule has 0 bridgehead atoms. The van der Waals surface area contributed by atoms with E-state index >= 15 is 0 Å². The average Bonchev–Trinajstić information content (AvgIpc) is 2.01. The van der Waals surface area contributed by atoms with Gasteiger partial charge < -0.3 is 15.2 Å². The molecule has 0 aliphatic rings. The predicted molar refractivity (Wildman–Crippen MR) is 45.7 cm³/mol. The van der Waals surface area contributed by atoms with Gasteiger partial charge in [0.25, 0.3) is 0 Å². The van der Waals surface area contributed by atoms with Crippen LogP contribution in [0.2, 0.25) is 0 Å². The van der Waals surface area contributed by atoms with Crippen molar-refractivity contribution in [1.29, 1.82) is 0 Å². The van der Waals surface area contributed by atoms with E-state index in [4.69, 9.17) is 15.2 Å². The van der Waals surface area contributed by atoms with Crippen LogP contribution in [0.15, 0.2) is 0 Å². The van der Waals surface area contributed by atoms with Gasteiger partial charge in [-0.1, -0.05) is 0 Å². The molecule has 1 unspecified atom stereocenters. The monoisotopic (exact) mass is 175 g/mol. The molecule has 4 nitrogen and oxygen atoms in total. The van der Waals surface area contributed by atoms with Gasteiger partial charge in [-0.2, -0.15) is 0 Å². The molecule has 12 heavy (non-hydrogen) atoms. The van der Waals surface area contributed by atoms with Crippen molar-refractivity contribution in [3.63, 3.8) is 0 Å². The largest absolute Gasteiger partial charge is 0.460 e. The van der Waals surface area contributed by atoms with E-state index in [1.165, 1.54) is 0 Å². The Hall–Kier alpha value is -0.610. The minimum absolute atomic E-state index is 0.166. The summed E-state index contributed by atoms with van der Waals surface area (Å²) in [6, 6.07) is 0. The zero-order chi connectivity index (χ0) is 9.40. The van der Waals surface area contributed by atoms with E-state index in [0.29, 0.717) is 26.0 Å². The van der Waals surface area contributed by atoms with Crippen LogP contribution in [0.1, 0.15) is 19.8 Å². The molecule has 0 heterocycles. The van der Waals surface area contributed by atoms with Gasteiger partial charge in [-0.05, 0) is 19.9 Å². The zero-order valence-electron chi connectivity index (χ0n) is 7.71. The van der Waals surface area contributed by atoms with E-state index in [0.717, 1.165) is 0 Å². The fourth-order valence-electron chi connectivity index (χ4n) is 0.798. The molecule has 0 saturated carbocycles. The topological polar surface area (TPSA) is 61.5 Å². The van der Waals surface area contributed by atoms with Crippen LogP contribution in [0.5, 0.6) is 0 Å². The van der Waals surface area contributed by atoms with Crippen molar-refractivity contribution in [2.24, 2.45) is 5.73 Å². The molecule has 0 amide bonds. The number of methoxy groups -OCH3 is 1. The van der Waals surface area contributed by atoms with E-state index in [-0.39, 0.29) is 12.1 Å². The standard InChI is InChI=1S/C8H17NO3/c1-7(6-11-2)12-8(10)4-3-5-9/h7H,3-6,9H2,1-2H3. The quantitative estimate of drug-likeness (QED) is 0.590. The summed E-state index contributed by atoms with van der Waals surface area (Å²) in [6.07, 6.45) is 0.906. The highest BCUT2D eigenvalue weighted by Crippen LogP contribution is 1.96. The number of carbonyl (C=O) groups excluding carboxylic acids is 1. The van der Waals surface area contributed by atoms with Crippen LogP contribution in [-0.2, 0) is 14.3 Å². The van der Waals surface area contributed by atoms with Crippen LogP contribution in [0.3, 0.4) is 0 Å². The minimum atomic E-state index is -0.204. The van der Waals surface area contributed by atoms with E-state index in [1.807, 2.05) is 0 Å². The van der Waals surface area contributed by atoms with E-state index < -0.39 is 0 Å². The molecule has 4 heteroatoms. The maximum atomic E-state index is 11.0. The molecule has 0 aromatic rings. The highest BCUT2D eigenvalue weighted by Gasteiger charge is 2.07. The SMILES string of the molecule is COCC(C)OC(=O)CCCN. The Bertz CT molecular complexity index is 127. The van der Waals surface area contributed by atoms with Crippen LogP contribution in [0, 0.1) is 0 Å². The maximum Gasteiger partial charge on any atom is 0.306 e. The molecule has 0 aliphatic carbocycles. The molecule has 1 atom stereocenters. The van der Waals surface area contributed by atoms with Crippen LogP contribution in [0.25, 0.3) is 0 Å². The maximum absolute atomic E-state index is 11.0. The lowest BCUT2D eigenvalue weighted by molar-refractivity contribution is -0.150. The first-order valence-corrected chi connectivity index (χ1v) is 4.09. The van der Waals surface area contributed by atoms with Gasteiger partial charge >= 0.3 is 5.97 Å². The Kier molecular flexibility index (Phi) is 6.70. The van der Waals surface area contributed by atoms with E-state index in [9.17, 15) is 4.79 Å². The van der Waals surface area contributed by atoms with Crippen molar-refractivity contribution < 1.29 is 14.3 Å². The van der Waals surface area contributed by atoms with Gasteiger partial charge in [-0.25, -0.2) is 0 Å². The van der Waals surface area contributed by atoms with Crippen molar-refractivity contribution in [1.82, 2.24) is 0 Å². The first kappa shape index (κ1) is 11.4. The molecule has 0 radical (unpaired) electrons. The second-order valence-corrected chi connectivity index (χ2v) is 2.65. The number of hydrogen-bond acceptors (Lipinski definition) is 4. The predicted octanol–water partition coefficient (Wildman–Crippen LogP) is 0.303. The van der Waals surface area contributed by atoms with Gasteiger partial charge in [0.05, 0.1) is 6.61 Å². The average molecular weight is 175 g/mol. The van der Waals surface area contributed by atoms with Crippen molar-refractivity contribution in [3.05, 3.63) is 0 Å². The highest BCUT2D eigenvalue weighted by atomic mass is 16.6. The lowest BCUT2D eigenvalue weighted by atomic mass is 10.3. The van der Waals surface area contributed by atoms with E-state index in [2.05, 4.69) is 0 Å². The summed E-state index contributed by atoms with van der Waals surface area (Å²) in [6.45, 7) is 2.76. The van der Waals surface area contributed by atoms with Gasteiger partial charge in [0.15, 0.2) is 0 Å². The summed E-state index contributed by atoms with van der Waals surface area (Å²) < 4.78 is 9.78. The summed E-state index contributed by atoms with van der Waals surface area (Å²) >= 11 is 0. The van der Waals surface area contributed by atoms with Crippen LogP contribution < -0.4 is 5.73 Å². The number of ether oxygens (including phenoxy) is 2. The summed E-state index contributed by atoms with van der Waals surface area (Å²) in [5.74, 6) is -0.204. The molecule has 0 saturated heterocycles. The summed E-state index contributed by atoms with van der Waals surface area (Å²) in [5, 5.41) is 0. The second kappa shape index (κ2) is 7.06. The normalized spacial score (nSPS) is 12.6. The fourth-order valence-corrected chi connectivity index (χ4v) is 0.798. The molecule has 0 fully saturated rings. The lowest BCUT2D eigenvalue weighted by Crippen LogP contribution is -2.20. The molecule has 0 aromatic heterocycles. The van der Waals surface area contributed by atoms with Crippen LogP contribution in [0.4, 0.5) is 0 Å². The van der Waals surface area contributed by atoms with E-state index in [1.54, 1.807) is 14.0 Å². The minimum Gasteiger partial charge on any atom is -0.460 e. The lowest BCUT2D eigenvalue weighted by Gasteiger charge is -2.11. The van der Waals surface area contributed by atoms with Gasteiger partial charge in [0.1, 0.15) is 6.10 Å². The van der Waals surface area contributed by atoms with Crippen molar-refractivity contribution in [3.8, 4) is 0 Å². The molecular formula is C8H17NO3. The molecule has 0 rings (SSSR count). The molecule has 0 aromatic carbocycles. The van der Waals surface area contributed by atoms with Crippen LogP contribution in [-0.4, -0.2) is 32.3 Å². The van der Waals surface area contributed by atoms with Gasteiger partial charge in [0.2, 0.25) is 0 Å². The second-order valence-electron chi connectivity index (χ2n) is 2.65. The Morgan fingerprint density at radius 3 is 2.75 bits per heavy atom. The first-order chi connectivity index (χ1) is 5.70. The van der Waals surface area contributed by atoms with Gasteiger partial charge in [0, 0.05) is 13.5 Å². The molecule has 0 spiro atoms. The van der Waals surface area contributed by atoms with Crippen molar-refractivity contribution in [2.75, 3.05) is 20.3 Å². The highest BCUT2D eigenvalue weighted by molar-refractivity contribution is 5.69. The Balaban J connectivity index is 3.40. The number of hydrogen-bond donors (Lipinski definition) is 1.